The molecular formula is C17H23N3O2S. The number of hydrogen-bond acceptors (Lipinski definition) is 4. The van der Waals surface area contributed by atoms with E-state index in [-0.39, 0.29) is 30.8 Å². The lowest BCUT2D eigenvalue weighted by Gasteiger charge is -2.20. The summed E-state index contributed by atoms with van der Waals surface area (Å²) < 4.78 is 26.5. The Kier molecular flexibility index (Phi) is 8.32. The van der Waals surface area contributed by atoms with Crippen LogP contribution in [-0.2, 0) is 16.4 Å². The molecule has 0 saturated heterocycles. The van der Waals surface area contributed by atoms with E-state index in [1.54, 1.807) is 12.1 Å². The summed E-state index contributed by atoms with van der Waals surface area (Å²) in [6.07, 6.45) is 4.58. The molecule has 0 fully saturated rings. The van der Waals surface area contributed by atoms with Gasteiger partial charge in [-0.1, -0.05) is 31.9 Å². The smallest absolute Gasteiger partial charge is 0.207 e. The highest BCUT2D eigenvalue weighted by Gasteiger charge is 2.23. The van der Waals surface area contributed by atoms with E-state index in [0.717, 1.165) is 31.2 Å². The molecule has 1 aromatic carbocycles. The predicted molar refractivity (Wildman–Crippen MR) is 88.9 cm³/mol. The number of aryl methyl sites for hydroxylation is 1. The molecule has 0 aliphatic rings. The Morgan fingerprint density at radius 3 is 2.04 bits per heavy atom. The van der Waals surface area contributed by atoms with E-state index in [1.807, 2.05) is 24.3 Å². The number of nitrogens with zero attached hydrogens (tertiary/aromatic N) is 3. The van der Waals surface area contributed by atoms with Crippen molar-refractivity contribution in [3.05, 3.63) is 29.8 Å². The number of sulfonamides is 1. The van der Waals surface area contributed by atoms with Crippen LogP contribution in [0.2, 0.25) is 0 Å². The summed E-state index contributed by atoms with van der Waals surface area (Å²) in [6, 6.07) is 10.8. The molecule has 1 aromatic rings. The van der Waals surface area contributed by atoms with Gasteiger partial charge >= 0.3 is 0 Å². The third-order valence-corrected chi connectivity index (χ3v) is 5.49. The van der Waals surface area contributed by atoms with Gasteiger partial charge in [0.05, 0.1) is 17.0 Å². The predicted octanol–water partition coefficient (Wildman–Crippen LogP) is 3.24. The molecule has 6 heteroatoms. The minimum Gasteiger partial charge on any atom is -0.207 e. The summed E-state index contributed by atoms with van der Waals surface area (Å²) in [6.45, 7) is 2.37. The highest BCUT2D eigenvalue weighted by atomic mass is 32.2. The van der Waals surface area contributed by atoms with Gasteiger partial charge in [0.15, 0.2) is 0 Å². The Morgan fingerprint density at radius 1 is 1.00 bits per heavy atom. The van der Waals surface area contributed by atoms with Crippen molar-refractivity contribution in [3.8, 4) is 12.1 Å². The van der Waals surface area contributed by atoms with Crippen LogP contribution in [0.1, 0.15) is 44.6 Å². The quantitative estimate of drug-likeness (QED) is 0.615. The Bertz CT molecular complexity index is 637. The van der Waals surface area contributed by atoms with Gasteiger partial charge in [-0.3, -0.25) is 0 Å². The van der Waals surface area contributed by atoms with Crippen LogP contribution in [0.15, 0.2) is 29.2 Å². The van der Waals surface area contributed by atoms with E-state index in [4.69, 9.17) is 10.5 Å². The molecular weight excluding hydrogens is 310 g/mol. The molecule has 0 radical (unpaired) electrons. The number of hydrogen-bond donors (Lipinski definition) is 0. The number of nitriles is 2. The van der Waals surface area contributed by atoms with E-state index in [0.29, 0.717) is 0 Å². The fourth-order valence-electron chi connectivity index (χ4n) is 2.26. The van der Waals surface area contributed by atoms with Gasteiger partial charge in [0.2, 0.25) is 10.0 Å². The fraction of sp³-hybridized carbons (Fsp3) is 0.529. The van der Waals surface area contributed by atoms with Crippen molar-refractivity contribution in [2.24, 2.45) is 0 Å². The van der Waals surface area contributed by atoms with Crippen LogP contribution in [0.3, 0.4) is 0 Å². The first kappa shape index (κ1) is 19.2. The first-order valence-electron chi connectivity index (χ1n) is 7.89. The van der Waals surface area contributed by atoms with Crippen LogP contribution < -0.4 is 0 Å². The van der Waals surface area contributed by atoms with Gasteiger partial charge in [0.25, 0.3) is 0 Å². The zero-order valence-electron chi connectivity index (χ0n) is 13.5. The standard InChI is InChI=1S/C17H23N3O2S/c1-2-3-4-7-16-8-10-17(11-9-16)23(21,22)20(14-5-12-18)15-6-13-19/h8-11H,2-7,14-15H2,1H3. The summed E-state index contributed by atoms with van der Waals surface area (Å²) in [5, 5.41) is 17.4. The molecule has 0 saturated carbocycles. The maximum absolute atomic E-state index is 12.6. The summed E-state index contributed by atoms with van der Waals surface area (Å²) in [4.78, 5) is 0.215. The summed E-state index contributed by atoms with van der Waals surface area (Å²) >= 11 is 0. The molecule has 0 unspecified atom stereocenters. The summed E-state index contributed by atoms with van der Waals surface area (Å²) in [7, 11) is -3.66. The van der Waals surface area contributed by atoms with Crippen LogP contribution in [0.25, 0.3) is 0 Å². The molecule has 23 heavy (non-hydrogen) atoms. The monoisotopic (exact) mass is 333 g/mol. The van der Waals surface area contributed by atoms with Gasteiger partial charge in [0, 0.05) is 25.9 Å². The van der Waals surface area contributed by atoms with Crippen LogP contribution in [0, 0.1) is 22.7 Å². The molecule has 0 amide bonds. The normalized spacial score (nSPS) is 11.1. The number of unbranched alkanes of at least 4 members (excludes halogenated alkanes) is 2. The number of rotatable bonds is 10. The van der Waals surface area contributed by atoms with Crippen LogP contribution in [0.5, 0.6) is 0 Å². The van der Waals surface area contributed by atoms with Crippen LogP contribution in [-0.4, -0.2) is 25.8 Å². The molecule has 0 spiro atoms. The second-order valence-electron chi connectivity index (χ2n) is 5.32. The van der Waals surface area contributed by atoms with Gasteiger partial charge in [-0.2, -0.15) is 14.8 Å². The lowest BCUT2D eigenvalue weighted by molar-refractivity contribution is 0.425. The fourth-order valence-corrected chi connectivity index (χ4v) is 3.70. The van der Waals surface area contributed by atoms with Crippen molar-refractivity contribution in [1.29, 1.82) is 10.5 Å². The molecule has 5 nitrogen and oxygen atoms in total. The van der Waals surface area contributed by atoms with Gasteiger partial charge in [-0.05, 0) is 30.5 Å². The van der Waals surface area contributed by atoms with Crippen molar-refractivity contribution < 1.29 is 8.42 Å². The van der Waals surface area contributed by atoms with E-state index >= 15 is 0 Å². The highest BCUT2D eigenvalue weighted by Crippen LogP contribution is 2.18. The maximum atomic E-state index is 12.6. The second-order valence-corrected chi connectivity index (χ2v) is 7.26. The molecule has 124 valence electrons. The molecule has 0 aliphatic heterocycles. The van der Waals surface area contributed by atoms with E-state index in [9.17, 15) is 8.42 Å². The second kappa shape index (κ2) is 9.99. The molecule has 0 atom stereocenters. The highest BCUT2D eigenvalue weighted by molar-refractivity contribution is 7.89. The molecule has 0 bridgehead atoms. The Balaban J connectivity index is 2.87. The minimum atomic E-state index is -3.66. The average molecular weight is 333 g/mol. The average Bonchev–Trinajstić information content (AvgIpc) is 2.55. The van der Waals surface area contributed by atoms with E-state index in [2.05, 4.69) is 6.92 Å². The maximum Gasteiger partial charge on any atom is 0.243 e. The van der Waals surface area contributed by atoms with Crippen LogP contribution >= 0.6 is 0 Å². The molecule has 0 aliphatic carbocycles. The third-order valence-electron chi connectivity index (χ3n) is 3.58. The molecule has 0 aromatic heterocycles. The zero-order chi connectivity index (χ0) is 17.1. The van der Waals surface area contributed by atoms with Crippen LogP contribution in [0.4, 0.5) is 0 Å². The van der Waals surface area contributed by atoms with Gasteiger partial charge in [-0.25, -0.2) is 8.42 Å². The third kappa shape index (κ3) is 6.02. The number of benzene rings is 1. The van der Waals surface area contributed by atoms with E-state index < -0.39 is 10.0 Å². The lowest BCUT2D eigenvalue weighted by Crippen LogP contribution is -2.32. The SMILES string of the molecule is CCCCCc1ccc(S(=O)(=O)N(CCC#N)CCC#N)cc1. The van der Waals surface area contributed by atoms with Crippen molar-refractivity contribution in [3.63, 3.8) is 0 Å². The zero-order valence-corrected chi connectivity index (χ0v) is 14.3. The van der Waals surface area contributed by atoms with Crippen molar-refractivity contribution >= 4 is 10.0 Å². The van der Waals surface area contributed by atoms with Crippen molar-refractivity contribution in [2.75, 3.05) is 13.1 Å². The largest absolute Gasteiger partial charge is 0.243 e. The lowest BCUT2D eigenvalue weighted by atomic mass is 10.1. The van der Waals surface area contributed by atoms with Gasteiger partial charge < -0.3 is 0 Å². The van der Waals surface area contributed by atoms with Gasteiger partial charge in [0.1, 0.15) is 0 Å². The molecule has 0 N–H and O–H groups in total. The van der Waals surface area contributed by atoms with Crippen molar-refractivity contribution in [1.82, 2.24) is 4.31 Å². The summed E-state index contributed by atoms with van der Waals surface area (Å²) in [5.74, 6) is 0. The van der Waals surface area contributed by atoms with E-state index in [1.165, 1.54) is 4.31 Å². The van der Waals surface area contributed by atoms with Gasteiger partial charge in [-0.15, -0.1) is 0 Å². The Morgan fingerprint density at radius 2 is 1.57 bits per heavy atom. The minimum absolute atomic E-state index is 0.110. The Labute approximate surface area is 139 Å². The first-order chi connectivity index (χ1) is 11.1. The first-order valence-corrected chi connectivity index (χ1v) is 9.33. The molecule has 0 heterocycles. The molecule has 1 rings (SSSR count). The Hall–Kier alpha value is -1.89. The topological polar surface area (TPSA) is 85.0 Å². The summed E-state index contributed by atoms with van der Waals surface area (Å²) in [5.41, 5.74) is 1.12. The van der Waals surface area contributed by atoms with Crippen molar-refractivity contribution in [2.45, 2.75) is 50.3 Å².